The van der Waals surface area contributed by atoms with E-state index in [0.29, 0.717) is 17.3 Å². The summed E-state index contributed by atoms with van der Waals surface area (Å²) < 4.78 is 26.6. The first kappa shape index (κ1) is 17.0. The minimum absolute atomic E-state index is 0.0272. The molecule has 0 aliphatic heterocycles. The molecule has 0 aliphatic rings. The minimum atomic E-state index is -0.895. The molecule has 8 heteroatoms. The molecule has 2 aromatic carbocycles. The first-order valence-electron chi connectivity index (χ1n) is 7.42. The predicted octanol–water partition coefficient (Wildman–Crippen LogP) is 3.62. The highest BCUT2D eigenvalue weighted by Crippen LogP contribution is 2.19. The predicted molar refractivity (Wildman–Crippen MR) is 90.8 cm³/mol. The van der Waals surface area contributed by atoms with Crippen molar-refractivity contribution in [3.63, 3.8) is 0 Å². The topological polar surface area (TPSA) is 90.7 Å². The number of carbonyl (C=O) groups excluding carboxylic acids is 1. The molecule has 0 saturated carbocycles. The van der Waals surface area contributed by atoms with Gasteiger partial charge in [0.2, 0.25) is 5.95 Å². The molecule has 1 amide bonds. The third kappa shape index (κ3) is 3.79. The Morgan fingerprint density at radius 2 is 1.88 bits per heavy atom. The molecule has 0 unspecified atom stereocenters. The van der Waals surface area contributed by atoms with Crippen LogP contribution in [0.1, 0.15) is 16.1 Å². The van der Waals surface area contributed by atoms with Gasteiger partial charge in [-0.05, 0) is 30.3 Å². The van der Waals surface area contributed by atoms with Gasteiger partial charge in [-0.1, -0.05) is 12.1 Å². The Hall–Kier alpha value is -3.86. The summed E-state index contributed by atoms with van der Waals surface area (Å²) in [4.78, 5) is 20.3. The molecular weight excluding hydrogens is 340 g/mol. The number of benzene rings is 2. The Kier molecular flexibility index (Phi) is 4.80. The van der Waals surface area contributed by atoms with E-state index in [1.165, 1.54) is 12.3 Å². The van der Waals surface area contributed by atoms with E-state index in [1.807, 2.05) is 6.07 Å². The number of nitrogens with one attached hydrogen (secondary N) is 2. The summed E-state index contributed by atoms with van der Waals surface area (Å²) in [6, 6.07) is 12.9. The molecule has 6 nitrogen and oxygen atoms in total. The number of halogens is 2. The van der Waals surface area contributed by atoms with Crippen molar-refractivity contribution in [1.29, 1.82) is 5.26 Å². The van der Waals surface area contributed by atoms with Gasteiger partial charge < -0.3 is 10.6 Å². The smallest absolute Gasteiger partial charge is 0.274 e. The fourth-order valence-electron chi connectivity index (χ4n) is 2.13. The average molecular weight is 351 g/mol. The van der Waals surface area contributed by atoms with Crippen molar-refractivity contribution in [2.45, 2.75) is 0 Å². The monoisotopic (exact) mass is 351 g/mol. The normalized spacial score (nSPS) is 10.0. The molecule has 1 heterocycles. The second kappa shape index (κ2) is 7.36. The van der Waals surface area contributed by atoms with Crippen LogP contribution in [-0.4, -0.2) is 15.9 Å². The van der Waals surface area contributed by atoms with Gasteiger partial charge in [0.25, 0.3) is 5.91 Å². The lowest BCUT2D eigenvalue weighted by molar-refractivity contribution is 0.102. The number of hydrogen-bond donors (Lipinski definition) is 2. The minimum Gasteiger partial charge on any atom is -0.323 e. The van der Waals surface area contributed by atoms with Crippen molar-refractivity contribution in [3.8, 4) is 6.07 Å². The number of anilines is 3. The number of aromatic nitrogens is 2. The zero-order valence-electron chi connectivity index (χ0n) is 13.2. The van der Waals surface area contributed by atoms with Crippen molar-refractivity contribution in [3.05, 3.63) is 77.6 Å². The highest BCUT2D eigenvalue weighted by molar-refractivity contribution is 6.03. The van der Waals surface area contributed by atoms with Crippen LogP contribution in [0.2, 0.25) is 0 Å². The summed E-state index contributed by atoms with van der Waals surface area (Å²) >= 11 is 0. The van der Waals surface area contributed by atoms with Gasteiger partial charge in [0, 0.05) is 12.3 Å². The Balaban J connectivity index is 1.80. The third-order valence-electron chi connectivity index (χ3n) is 3.36. The molecule has 0 spiro atoms. The van der Waals surface area contributed by atoms with Crippen LogP contribution >= 0.6 is 0 Å². The molecule has 0 fully saturated rings. The molecule has 2 N–H and O–H groups in total. The molecule has 3 rings (SSSR count). The first-order valence-corrected chi connectivity index (χ1v) is 7.42. The molecule has 0 saturated heterocycles. The van der Waals surface area contributed by atoms with Gasteiger partial charge in [-0.3, -0.25) is 4.79 Å². The van der Waals surface area contributed by atoms with E-state index < -0.39 is 17.5 Å². The van der Waals surface area contributed by atoms with Gasteiger partial charge in [-0.15, -0.1) is 0 Å². The summed E-state index contributed by atoms with van der Waals surface area (Å²) in [5.74, 6) is -2.23. The maximum Gasteiger partial charge on any atom is 0.274 e. The van der Waals surface area contributed by atoms with Crippen LogP contribution in [0.5, 0.6) is 0 Å². The second-order valence-electron chi connectivity index (χ2n) is 5.13. The van der Waals surface area contributed by atoms with Crippen molar-refractivity contribution in [1.82, 2.24) is 9.97 Å². The number of amides is 1. The molecule has 0 radical (unpaired) electrons. The maximum absolute atomic E-state index is 13.6. The van der Waals surface area contributed by atoms with Crippen molar-refractivity contribution in [2.24, 2.45) is 0 Å². The summed E-state index contributed by atoms with van der Waals surface area (Å²) in [5.41, 5.74) is 0.677. The largest absolute Gasteiger partial charge is 0.323 e. The Morgan fingerprint density at radius 1 is 1.08 bits per heavy atom. The Bertz CT molecular complexity index is 1020. The summed E-state index contributed by atoms with van der Waals surface area (Å²) in [5, 5.41) is 14.3. The maximum atomic E-state index is 13.6. The van der Waals surface area contributed by atoms with Gasteiger partial charge in [0.1, 0.15) is 23.4 Å². The van der Waals surface area contributed by atoms with Crippen LogP contribution in [-0.2, 0) is 0 Å². The summed E-state index contributed by atoms with van der Waals surface area (Å²) in [6.45, 7) is 0. The van der Waals surface area contributed by atoms with Gasteiger partial charge in [-0.25, -0.2) is 18.7 Å². The molecule has 0 atom stereocenters. The van der Waals surface area contributed by atoms with Crippen LogP contribution in [0.4, 0.5) is 26.1 Å². The number of carbonyl (C=O) groups is 1. The van der Waals surface area contributed by atoms with E-state index >= 15 is 0 Å². The van der Waals surface area contributed by atoms with E-state index in [2.05, 4.69) is 20.6 Å². The quantitative estimate of drug-likeness (QED) is 0.749. The Labute approximate surface area is 147 Å². The molecule has 0 bridgehead atoms. The van der Waals surface area contributed by atoms with Gasteiger partial charge >= 0.3 is 0 Å². The molecular formula is C18H11F2N5O. The summed E-state index contributed by atoms with van der Waals surface area (Å²) in [6.07, 6.45) is 1.35. The highest BCUT2D eigenvalue weighted by atomic mass is 19.1. The van der Waals surface area contributed by atoms with E-state index in [4.69, 9.17) is 5.26 Å². The van der Waals surface area contributed by atoms with Crippen LogP contribution < -0.4 is 10.6 Å². The SMILES string of the molecule is N#Cc1ccccc1Nc1nccc(C(=O)Nc2ccc(F)cc2F)n1. The number of para-hydroxylation sites is 1. The van der Waals surface area contributed by atoms with Crippen molar-refractivity contribution in [2.75, 3.05) is 10.6 Å². The van der Waals surface area contributed by atoms with Crippen molar-refractivity contribution < 1.29 is 13.6 Å². The molecule has 1 aromatic heterocycles. The number of nitrogens with zero attached hydrogens (tertiary/aromatic N) is 3. The molecule has 0 aliphatic carbocycles. The molecule has 128 valence electrons. The second-order valence-corrected chi connectivity index (χ2v) is 5.13. The van der Waals surface area contributed by atoms with E-state index in [1.54, 1.807) is 24.3 Å². The third-order valence-corrected chi connectivity index (χ3v) is 3.36. The molecule has 3 aromatic rings. The molecule has 26 heavy (non-hydrogen) atoms. The lowest BCUT2D eigenvalue weighted by Crippen LogP contribution is -2.15. The van der Waals surface area contributed by atoms with Crippen molar-refractivity contribution >= 4 is 23.2 Å². The summed E-state index contributed by atoms with van der Waals surface area (Å²) in [7, 11) is 0. The Morgan fingerprint density at radius 3 is 2.65 bits per heavy atom. The van der Waals surface area contributed by atoms with Crippen LogP contribution in [0.3, 0.4) is 0 Å². The average Bonchev–Trinajstić information content (AvgIpc) is 2.64. The van der Waals surface area contributed by atoms with Crippen LogP contribution in [0.15, 0.2) is 54.7 Å². The standard InChI is InChI=1S/C18H11F2N5O/c19-12-5-6-15(13(20)9-12)23-17(26)16-7-8-22-18(25-16)24-14-4-2-1-3-11(14)10-21/h1-9H,(H,23,26)(H,22,24,25). The zero-order valence-corrected chi connectivity index (χ0v) is 13.2. The van der Waals surface area contributed by atoms with E-state index in [-0.39, 0.29) is 17.3 Å². The number of hydrogen-bond acceptors (Lipinski definition) is 5. The van der Waals surface area contributed by atoms with Crippen LogP contribution in [0, 0.1) is 23.0 Å². The van der Waals surface area contributed by atoms with Crippen LogP contribution in [0.25, 0.3) is 0 Å². The fourth-order valence-corrected chi connectivity index (χ4v) is 2.13. The van der Waals surface area contributed by atoms with E-state index in [0.717, 1.165) is 12.1 Å². The highest BCUT2D eigenvalue weighted by Gasteiger charge is 2.13. The first-order chi connectivity index (χ1) is 12.6. The lowest BCUT2D eigenvalue weighted by Gasteiger charge is -2.09. The van der Waals surface area contributed by atoms with E-state index in [9.17, 15) is 13.6 Å². The van der Waals surface area contributed by atoms with Gasteiger partial charge in [0.05, 0.1) is 16.9 Å². The number of rotatable bonds is 4. The van der Waals surface area contributed by atoms with Gasteiger partial charge in [0.15, 0.2) is 0 Å². The number of nitriles is 1. The lowest BCUT2D eigenvalue weighted by atomic mass is 10.2. The van der Waals surface area contributed by atoms with Gasteiger partial charge in [-0.2, -0.15) is 5.26 Å². The fraction of sp³-hybridized carbons (Fsp3) is 0. The zero-order chi connectivity index (χ0) is 18.5.